The maximum absolute atomic E-state index is 14.0. The van der Waals surface area contributed by atoms with Crippen molar-refractivity contribution in [3.05, 3.63) is 124 Å². The highest BCUT2D eigenvalue weighted by molar-refractivity contribution is 7.85. The van der Waals surface area contributed by atoms with E-state index >= 15 is 0 Å². The molecule has 4 rings (SSSR count). The topological polar surface area (TPSA) is 110 Å². The second kappa shape index (κ2) is 15.8. The van der Waals surface area contributed by atoms with Gasteiger partial charge in [-0.05, 0) is 77.3 Å². The lowest BCUT2D eigenvalue weighted by molar-refractivity contribution is -0.117. The number of nitrogens with one attached hydrogen (secondary N) is 1. The van der Waals surface area contributed by atoms with Gasteiger partial charge in [0.2, 0.25) is 5.91 Å². The van der Waals surface area contributed by atoms with Crippen molar-refractivity contribution < 1.29 is 27.3 Å². The fourth-order valence-electron chi connectivity index (χ4n) is 5.32. The van der Waals surface area contributed by atoms with Crippen LogP contribution >= 0.6 is 11.6 Å². The third-order valence-electron chi connectivity index (χ3n) is 7.90. The van der Waals surface area contributed by atoms with Crippen LogP contribution in [0.5, 0.6) is 5.75 Å². The number of hydrogen-bond acceptors (Lipinski definition) is 5. The fraction of sp³-hybridized carbons (Fsp3) is 0.282. The molecule has 0 spiro atoms. The van der Waals surface area contributed by atoms with Crippen LogP contribution in [0.3, 0.4) is 0 Å². The average molecular weight is 688 g/mol. The summed E-state index contributed by atoms with van der Waals surface area (Å²) in [6, 6.07) is 26.2. The molecule has 0 saturated heterocycles. The molecule has 4 aromatic rings. The first-order valence-corrected chi connectivity index (χ1v) is 17.7. The molecule has 0 heterocycles. The van der Waals surface area contributed by atoms with Crippen molar-refractivity contribution in [1.82, 2.24) is 0 Å². The average Bonchev–Trinajstić information content (AvgIpc) is 3.02. The summed E-state index contributed by atoms with van der Waals surface area (Å²) in [4.78, 5) is 26.6. The Labute approximate surface area is 288 Å². The quantitative estimate of drug-likeness (QED) is 0.107. The lowest BCUT2D eigenvalue weighted by Gasteiger charge is -2.19. The smallest absolute Gasteiger partial charge is 0.264 e. The van der Waals surface area contributed by atoms with Gasteiger partial charge in [0.05, 0.1) is 18.8 Å². The largest absolute Gasteiger partial charge is 0.496 e. The van der Waals surface area contributed by atoms with Gasteiger partial charge in [-0.15, -0.1) is 0 Å². The van der Waals surface area contributed by atoms with Gasteiger partial charge in [-0.25, -0.2) is 0 Å². The zero-order valence-electron chi connectivity index (χ0n) is 27.9. The first kappa shape index (κ1) is 36.6. The summed E-state index contributed by atoms with van der Waals surface area (Å²) in [5.41, 5.74) is 6.65. The predicted octanol–water partition coefficient (Wildman–Crippen LogP) is 9.20. The number of aryl methyl sites for hydroxylation is 1. The third-order valence-corrected chi connectivity index (χ3v) is 8.94. The van der Waals surface area contributed by atoms with Gasteiger partial charge in [0, 0.05) is 34.3 Å². The summed E-state index contributed by atoms with van der Waals surface area (Å²) in [7, 11) is -2.53. The standard InChI is InChI=1S/C39H42ClNO6S/c1-26-23-31(40)16-18-33(26)34-19-17-32(25-37(34)47-5)41-38(43)35(29-12-8-27(9-13-29)20-21-39(2,3)4)24-28-10-14-30(15-11-28)36(42)7-6-22-48(44,45)46/h8-21,23,25,35H,6-7,22,24H2,1-5H3,(H,41,43)(H,44,45,46)/b21-20+. The molecule has 0 aliphatic carbocycles. The van der Waals surface area contributed by atoms with Gasteiger partial charge in [0.1, 0.15) is 5.75 Å². The Morgan fingerprint density at radius 2 is 1.60 bits per heavy atom. The van der Waals surface area contributed by atoms with Crippen LogP contribution in [-0.2, 0) is 21.3 Å². The summed E-state index contributed by atoms with van der Waals surface area (Å²) >= 11 is 6.17. The van der Waals surface area contributed by atoms with Gasteiger partial charge in [0.25, 0.3) is 10.1 Å². The number of ketones is 1. The molecule has 252 valence electrons. The van der Waals surface area contributed by atoms with Crippen molar-refractivity contribution in [3.8, 4) is 16.9 Å². The van der Waals surface area contributed by atoms with Crippen molar-refractivity contribution in [2.75, 3.05) is 18.2 Å². The number of hydrogen-bond donors (Lipinski definition) is 2. The van der Waals surface area contributed by atoms with E-state index in [1.54, 1.807) is 25.3 Å². The summed E-state index contributed by atoms with van der Waals surface area (Å²) in [5, 5.41) is 3.74. The minimum Gasteiger partial charge on any atom is -0.496 e. The van der Waals surface area contributed by atoms with Gasteiger partial charge >= 0.3 is 0 Å². The molecule has 48 heavy (non-hydrogen) atoms. The van der Waals surface area contributed by atoms with Crippen LogP contribution in [0.1, 0.15) is 72.1 Å². The lowest BCUT2D eigenvalue weighted by Crippen LogP contribution is -2.23. The maximum Gasteiger partial charge on any atom is 0.264 e. The minimum atomic E-state index is -4.12. The number of anilines is 1. The number of ether oxygens (including phenoxy) is 1. The van der Waals surface area contributed by atoms with Crippen molar-refractivity contribution in [1.29, 1.82) is 0 Å². The molecule has 0 radical (unpaired) electrons. The van der Waals surface area contributed by atoms with Gasteiger partial charge in [0.15, 0.2) is 5.78 Å². The molecule has 1 amide bonds. The van der Waals surface area contributed by atoms with E-state index in [0.29, 0.717) is 28.4 Å². The van der Waals surface area contributed by atoms with E-state index in [9.17, 15) is 18.0 Å². The first-order valence-electron chi connectivity index (χ1n) is 15.7. The molecule has 2 N–H and O–H groups in total. The number of carbonyl (C=O) groups is 2. The lowest BCUT2D eigenvalue weighted by atomic mass is 9.89. The van der Waals surface area contributed by atoms with Crippen LogP contribution in [0.4, 0.5) is 5.69 Å². The molecule has 0 aliphatic heterocycles. The predicted molar refractivity (Wildman–Crippen MR) is 195 cm³/mol. The Kier molecular flexibility index (Phi) is 12.0. The molecule has 0 aromatic heterocycles. The van der Waals surface area contributed by atoms with Crippen LogP contribution < -0.4 is 10.1 Å². The Balaban J connectivity index is 1.59. The van der Waals surface area contributed by atoms with Crippen molar-refractivity contribution in [3.63, 3.8) is 0 Å². The molecule has 0 fully saturated rings. The SMILES string of the molecule is COc1cc(NC(=O)C(Cc2ccc(C(=O)CCCS(=O)(=O)O)cc2)c2ccc(/C=C/C(C)(C)C)cc2)ccc1-c1ccc(Cl)cc1C. The summed E-state index contributed by atoms with van der Waals surface area (Å²) < 4.78 is 36.7. The van der Waals surface area contributed by atoms with Crippen LogP contribution in [0.15, 0.2) is 91.0 Å². The van der Waals surface area contributed by atoms with E-state index < -0.39 is 21.8 Å². The van der Waals surface area contributed by atoms with E-state index in [1.165, 1.54) is 0 Å². The van der Waals surface area contributed by atoms with Gasteiger partial charge in [-0.1, -0.05) is 99.1 Å². The van der Waals surface area contributed by atoms with Crippen LogP contribution in [0.2, 0.25) is 5.02 Å². The molecule has 1 atom stereocenters. The fourth-order valence-corrected chi connectivity index (χ4v) is 6.06. The summed E-state index contributed by atoms with van der Waals surface area (Å²) in [6.07, 6.45) is 4.62. The second-order valence-corrected chi connectivity index (χ2v) is 15.0. The van der Waals surface area contributed by atoms with Gasteiger partial charge in [-0.2, -0.15) is 8.42 Å². The molecular weight excluding hydrogens is 646 g/mol. The Morgan fingerprint density at radius 1 is 0.938 bits per heavy atom. The first-order chi connectivity index (χ1) is 22.6. The van der Waals surface area contributed by atoms with E-state index in [-0.39, 0.29) is 29.9 Å². The number of benzene rings is 4. The molecule has 9 heteroatoms. The van der Waals surface area contributed by atoms with Crippen LogP contribution in [0.25, 0.3) is 17.2 Å². The van der Waals surface area contributed by atoms with E-state index in [2.05, 4.69) is 38.2 Å². The Morgan fingerprint density at radius 3 is 2.21 bits per heavy atom. The van der Waals surface area contributed by atoms with Crippen LogP contribution in [-0.4, -0.2) is 37.5 Å². The number of amides is 1. The molecule has 0 aliphatic rings. The summed E-state index contributed by atoms with van der Waals surface area (Å²) in [5.74, 6) is -0.818. The third kappa shape index (κ3) is 10.6. The number of Topliss-reactive ketones (excluding diaryl/α,β-unsaturated/α-hetero) is 1. The van der Waals surface area contributed by atoms with Gasteiger partial charge < -0.3 is 10.1 Å². The number of rotatable bonds is 13. The molecule has 4 aromatic carbocycles. The zero-order chi connectivity index (χ0) is 35.1. The number of carbonyl (C=O) groups excluding carboxylic acids is 2. The molecule has 0 saturated carbocycles. The highest BCUT2D eigenvalue weighted by Gasteiger charge is 2.23. The molecule has 1 unspecified atom stereocenters. The minimum absolute atomic E-state index is 0.0000157. The zero-order valence-corrected chi connectivity index (χ0v) is 29.5. The van der Waals surface area contributed by atoms with Crippen molar-refractivity contribution in [2.45, 2.75) is 52.9 Å². The second-order valence-electron chi connectivity index (χ2n) is 13.0. The molecular formula is C39H42ClNO6S. The van der Waals surface area contributed by atoms with E-state index in [1.807, 2.05) is 73.7 Å². The van der Waals surface area contributed by atoms with Crippen LogP contribution in [0, 0.1) is 12.3 Å². The molecule has 0 bridgehead atoms. The van der Waals surface area contributed by atoms with Crippen molar-refractivity contribution >= 4 is 45.2 Å². The monoisotopic (exact) mass is 687 g/mol. The molecule has 7 nitrogen and oxygen atoms in total. The normalized spacial score (nSPS) is 12.6. The number of halogens is 1. The Bertz CT molecular complexity index is 1890. The highest BCUT2D eigenvalue weighted by atomic mass is 35.5. The van der Waals surface area contributed by atoms with Crippen molar-refractivity contribution in [2.24, 2.45) is 5.41 Å². The number of allylic oxidation sites excluding steroid dienone is 1. The van der Waals surface area contributed by atoms with E-state index in [0.717, 1.165) is 33.4 Å². The van der Waals surface area contributed by atoms with Gasteiger partial charge in [-0.3, -0.25) is 14.1 Å². The van der Waals surface area contributed by atoms with E-state index in [4.69, 9.17) is 20.9 Å². The number of methoxy groups -OCH3 is 1. The summed E-state index contributed by atoms with van der Waals surface area (Å²) in [6.45, 7) is 8.38. The highest BCUT2D eigenvalue weighted by Crippen LogP contribution is 2.36. The Hall–Kier alpha value is -4.24. The maximum atomic E-state index is 14.0.